The highest BCUT2D eigenvalue weighted by Crippen LogP contribution is 2.17. The number of aryl methyl sites for hydroxylation is 1. The topological polar surface area (TPSA) is 66.9 Å². The third-order valence-electron chi connectivity index (χ3n) is 1.62. The van der Waals surface area contributed by atoms with Gasteiger partial charge in [-0.3, -0.25) is 0 Å². The summed E-state index contributed by atoms with van der Waals surface area (Å²) in [5, 5.41) is 0. The summed E-state index contributed by atoms with van der Waals surface area (Å²) >= 11 is 0. The maximum absolute atomic E-state index is 11.3. The summed E-state index contributed by atoms with van der Waals surface area (Å²) < 4.78 is 18.7. The number of hydrogen-bond acceptors (Lipinski definition) is 3. The quantitative estimate of drug-likeness (QED) is 0.651. The predicted octanol–water partition coefficient (Wildman–Crippen LogP) is 1.61. The highest BCUT2D eigenvalue weighted by Gasteiger charge is 2.05. The van der Waals surface area contributed by atoms with Crippen molar-refractivity contribution in [2.24, 2.45) is 0 Å². The van der Waals surface area contributed by atoms with Crippen LogP contribution in [-0.4, -0.2) is 10.5 Å². The lowest BCUT2D eigenvalue weighted by Crippen LogP contribution is -1.98. The van der Waals surface area contributed by atoms with Crippen LogP contribution in [0.1, 0.15) is 5.56 Å². The van der Waals surface area contributed by atoms with Crippen molar-refractivity contribution in [1.82, 2.24) is 0 Å². The number of nitrogen functional groups attached to an aromatic ring is 1. The minimum Gasteiger partial charge on any atom is -0.399 e. The van der Waals surface area contributed by atoms with E-state index in [-0.39, 0.29) is 0 Å². The smallest absolute Gasteiger partial charge is 0.0699 e. The lowest BCUT2D eigenvalue weighted by atomic mass is 10.2. The molecule has 4 heteroatoms. The number of anilines is 1. The molecule has 1 atom stereocenters. The first-order valence-corrected chi connectivity index (χ1v) is 5.48. The summed E-state index contributed by atoms with van der Waals surface area (Å²) in [7, 11) is -2.61. The van der Waals surface area contributed by atoms with Gasteiger partial charge in [-0.15, -0.1) is 0 Å². The Labute approximate surface area is 72.6 Å². The van der Waals surface area contributed by atoms with Gasteiger partial charge in [0.15, 0.2) is 0 Å². The van der Waals surface area contributed by atoms with Gasteiger partial charge in [0.2, 0.25) is 0 Å². The molecule has 0 amide bonds. The fourth-order valence-electron chi connectivity index (χ4n) is 1.11. The summed E-state index contributed by atoms with van der Waals surface area (Å²) in [6.07, 6.45) is 1.41. The number of benzene rings is 1. The minimum atomic E-state index is -2.61. The van der Waals surface area contributed by atoms with Crippen molar-refractivity contribution in [1.29, 1.82) is 4.78 Å². The summed E-state index contributed by atoms with van der Waals surface area (Å²) in [6, 6.07) is 5.05. The van der Waals surface area contributed by atoms with Crippen molar-refractivity contribution in [2.75, 3.05) is 12.0 Å². The first-order chi connectivity index (χ1) is 5.41. The van der Waals surface area contributed by atoms with Crippen LogP contribution in [0.15, 0.2) is 23.1 Å². The van der Waals surface area contributed by atoms with Crippen LogP contribution in [0.5, 0.6) is 0 Å². The molecule has 0 aliphatic rings. The van der Waals surface area contributed by atoms with Gasteiger partial charge in [-0.2, -0.15) is 0 Å². The van der Waals surface area contributed by atoms with Crippen LogP contribution in [0.2, 0.25) is 0 Å². The van der Waals surface area contributed by atoms with Crippen LogP contribution in [0.4, 0.5) is 5.69 Å². The molecule has 0 aliphatic carbocycles. The second-order valence-corrected chi connectivity index (χ2v) is 5.00. The second-order valence-electron chi connectivity index (χ2n) is 2.87. The van der Waals surface area contributed by atoms with Crippen molar-refractivity contribution in [3.63, 3.8) is 0 Å². The third-order valence-corrected chi connectivity index (χ3v) is 2.92. The SMILES string of the molecule is Cc1cc(N)ccc1S(C)(=N)=O. The van der Waals surface area contributed by atoms with Gasteiger partial charge >= 0.3 is 0 Å². The lowest BCUT2D eigenvalue weighted by Gasteiger charge is -2.05. The van der Waals surface area contributed by atoms with E-state index >= 15 is 0 Å². The maximum Gasteiger partial charge on any atom is 0.0699 e. The Balaban J connectivity index is 3.39. The number of nitrogens with one attached hydrogen (secondary N) is 1. The third kappa shape index (κ3) is 1.76. The normalized spacial score (nSPS) is 15.5. The molecule has 0 aromatic heterocycles. The molecule has 1 unspecified atom stereocenters. The van der Waals surface area contributed by atoms with Crippen LogP contribution in [0.3, 0.4) is 0 Å². The molecule has 0 spiro atoms. The molecule has 0 fully saturated rings. The van der Waals surface area contributed by atoms with E-state index < -0.39 is 9.73 Å². The molecule has 1 aromatic carbocycles. The Bertz CT molecular complexity index is 396. The first kappa shape index (κ1) is 9.06. The van der Waals surface area contributed by atoms with Crippen LogP contribution in [0, 0.1) is 11.7 Å². The molecule has 0 saturated carbocycles. The van der Waals surface area contributed by atoms with Crippen molar-refractivity contribution < 1.29 is 4.21 Å². The molecule has 1 rings (SSSR count). The van der Waals surface area contributed by atoms with E-state index in [9.17, 15) is 4.21 Å². The van der Waals surface area contributed by atoms with E-state index in [1.54, 1.807) is 18.2 Å². The Kier molecular flexibility index (Phi) is 2.10. The molecular weight excluding hydrogens is 172 g/mol. The van der Waals surface area contributed by atoms with Crippen LogP contribution in [0.25, 0.3) is 0 Å². The first-order valence-electron chi connectivity index (χ1n) is 3.51. The van der Waals surface area contributed by atoms with Crippen molar-refractivity contribution in [3.8, 4) is 0 Å². The lowest BCUT2D eigenvalue weighted by molar-refractivity contribution is 0.678. The van der Waals surface area contributed by atoms with Gasteiger partial charge in [0.05, 0.1) is 9.73 Å². The highest BCUT2D eigenvalue weighted by atomic mass is 32.2. The zero-order chi connectivity index (χ0) is 9.35. The van der Waals surface area contributed by atoms with Crippen molar-refractivity contribution >= 4 is 15.4 Å². The van der Waals surface area contributed by atoms with Gasteiger partial charge in [0.1, 0.15) is 0 Å². The summed E-state index contributed by atoms with van der Waals surface area (Å²) in [5.74, 6) is 0. The van der Waals surface area contributed by atoms with Crippen molar-refractivity contribution in [3.05, 3.63) is 23.8 Å². The molecule has 0 bridgehead atoms. The second kappa shape index (κ2) is 2.79. The fraction of sp³-hybridized carbons (Fsp3) is 0.250. The van der Waals surface area contributed by atoms with E-state index in [1.165, 1.54) is 6.26 Å². The average Bonchev–Trinajstić information content (AvgIpc) is 1.83. The molecule has 3 N–H and O–H groups in total. The molecule has 66 valence electrons. The molecule has 0 radical (unpaired) electrons. The van der Waals surface area contributed by atoms with E-state index in [1.807, 2.05) is 6.92 Å². The van der Waals surface area contributed by atoms with Crippen LogP contribution < -0.4 is 5.73 Å². The van der Waals surface area contributed by atoms with E-state index in [0.717, 1.165) is 5.56 Å². The van der Waals surface area contributed by atoms with Crippen LogP contribution in [-0.2, 0) is 9.73 Å². The molecule has 12 heavy (non-hydrogen) atoms. The molecule has 0 heterocycles. The molecule has 1 aromatic rings. The van der Waals surface area contributed by atoms with Gasteiger partial charge in [-0.1, -0.05) is 0 Å². The Morgan fingerprint density at radius 2 is 2.08 bits per heavy atom. The van der Waals surface area contributed by atoms with Gasteiger partial charge in [0.25, 0.3) is 0 Å². The molecular formula is C8H12N2OS. The number of nitrogens with two attached hydrogens (primary N) is 1. The summed E-state index contributed by atoms with van der Waals surface area (Å²) in [6.45, 7) is 1.81. The largest absolute Gasteiger partial charge is 0.399 e. The Morgan fingerprint density at radius 1 is 1.50 bits per heavy atom. The molecule has 0 aliphatic heterocycles. The maximum atomic E-state index is 11.3. The van der Waals surface area contributed by atoms with E-state index in [0.29, 0.717) is 10.6 Å². The fourth-order valence-corrected chi connectivity index (χ4v) is 2.11. The van der Waals surface area contributed by atoms with E-state index in [4.69, 9.17) is 10.5 Å². The number of hydrogen-bond donors (Lipinski definition) is 2. The summed E-state index contributed by atoms with van der Waals surface area (Å²) in [4.78, 5) is 0.566. The van der Waals surface area contributed by atoms with Gasteiger partial charge in [-0.05, 0) is 30.7 Å². The zero-order valence-electron chi connectivity index (χ0n) is 7.13. The monoisotopic (exact) mass is 184 g/mol. The van der Waals surface area contributed by atoms with Gasteiger partial charge in [0, 0.05) is 16.8 Å². The van der Waals surface area contributed by atoms with E-state index in [2.05, 4.69) is 0 Å². The number of rotatable bonds is 1. The standard InChI is InChI=1S/C8H12N2OS/c1-6-5-7(9)3-4-8(6)12(2,10)11/h3-5,10H,9H2,1-2H3. The minimum absolute atomic E-state index is 0.566. The van der Waals surface area contributed by atoms with Crippen molar-refractivity contribution in [2.45, 2.75) is 11.8 Å². The average molecular weight is 184 g/mol. The van der Waals surface area contributed by atoms with Crippen LogP contribution >= 0.6 is 0 Å². The van der Waals surface area contributed by atoms with Gasteiger partial charge < -0.3 is 5.73 Å². The highest BCUT2D eigenvalue weighted by molar-refractivity contribution is 7.91. The molecule has 0 saturated heterocycles. The molecule has 3 nitrogen and oxygen atoms in total. The zero-order valence-corrected chi connectivity index (χ0v) is 7.94. The Hall–Kier alpha value is -1.03. The Morgan fingerprint density at radius 3 is 2.50 bits per heavy atom. The summed E-state index contributed by atoms with van der Waals surface area (Å²) in [5.41, 5.74) is 6.97. The van der Waals surface area contributed by atoms with Gasteiger partial charge in [-0.25, -0.2) is 8.99 Å². The predicted molar refractivity (Wildman–Crippen MR) is 50.6 cm³/mol.